The van der Waals surface area contributed by atoms with E-state index in [2.05, 4.69) is 4.98 Å². The van der Waals surface area contributed by atoms with Crippen molar-refractivity contribution in [2.75, 3.05) is 23.7 Å². The molecule has 1 saturated heterocycles. The van der Waals surface area contributed by atoms with E-state index in [1.54, 1.807) is 28.8 Å². The molecule has 0 atom stereocenters. The lowest BCUT2D eigenvalue weighted by Crippen LogP contribution is -2.32. The Morgan fingerprint density at radius 1 is 1.12 bits per heavy atom. The van der Waals surface area contributed by atoms with Crippen molar-refractivity contribution < 1.29 is 9.53 Å². The van der Waals surface area contributed by atoms with Crippen LogP contribution in [0.5, 0.6) is 5.88 Å². The van der Waals surface area contributed by atoms with E-state index in [0.717, 1.165) is 31.7 Å². The van der Waals surface area contributed by atoms with Crippen molar-refractivity contribution in [2.24, 2.45) is 0 Å². The summed E-state index contributed by atoms with van der Waals surface area (Å²) < 4.78 is 7.21. The van der Waals surface area contributed by atoms with Crippen LogP contribution in [0.2, 0.25) is 0 Å². The summed E-state index contributed by atoms with van der Waals surface area (Å²) in [7, 11) is 0. The van der Waals surface area contributed by atoms with Gasteiger partial charge in [0.15, 0.2) is 10.8 Å². The monoisotopic (exact) mass is 343 g/mol. The molecule has 0 saturated carbocycles. The first-order valence-corrected chi connectivity index (χ1v) is 9.02. The quantitative estimate of drug-likeness (QED) is 0.629. The van der Waals surface area contributed by atoms with Crippen LogP contribution in [0.15, 0.2) is 40.3 Å². The average molecular weight is 343 g/mol. The van der Waals surface area contributed by atoms with E-state index >= 15 is 0 Å². The van der Waals surface area contributed by atoms with Crippen LogP contribution in [0, 0.1) is 0 Å². The number of carbonyl (C=O) groups excluding carboxylic acids is 1. The Kier molecular flexibility index (Phi) is 4.02. The third-order valence-corrected chi connectivity index (χ3v) is 5.20. The molecule has 0 amide bonds. The molecule has 1 aromatic carbocycles. The second kappa shape index (κ2) is 6.32. The van der Waals surface area contributed by atoms with Gasteiger partial charge in [-0.05, 0) is 25.0 Å². The van der Waals surface area contributed by atoms with Gasteiger partial charge in [-0.1, -0.05) is 30.0 Å². The minimum atomic E-state index is -0.490. The van der Waals surface area contributed by atoms with E-state index in [4.69, 9.17) is 4.74 Å². The molecule has 0 bridgehead atoms. The predicted molar refractivity (Wildman–Crippen MR) is 92.1 cm³/mol. The van der Waals surface area contributed by atoms with Crippen molar-refractivity contribution in [1.82, 2.24) is 9.55 Å². The summed E-state index contributed by atoms with van der Waals surface area (Å²) in [5.41, 5.74) is 0.755. The normalized spacial score (nSPS) is 16.2. The van der Waals surface area contributed by atoms with Crippen LogP contribution in [0.4, 0.5) is 5.69 Å². The zero-order chi connectivity index (χ0) is 16.5. The minimum absolute atomic E-state index is 0.109. The third kappa shape index (κ3) is 2.69. The van der Waals surface area contributed by atoms with Gasteiger partial charge in [0.2, 0.25) is 0 Å². The van der Waals surface area contributed by atoms with Gasteiger partial charge in [0.05, 0.1) is 5.56 Å². The molecule has 1 fully saturated rings. The van der Waals surface area contributed by atoms with Gasteiger partial charge in [-0.3, -0.25) is 9.36 Å². The zero-order valence-electron chi connectivity index (χ0n) is 13.1. The summed E-state index contributed by atoms with van der Waals surface area (Å²) in [4.78, 5) is 31.7. The number of carbonyl (C=O) groups is 1. The molecule has 4 rings (SSSR count). The van der Waals surface area contributed by atoms with E-state index < -0.39 is 5.97 Å². The molecule has 0 N–H and O–H groups in total. The molecule has 3 heterocycles. The third-order valence-electron chi connectivity index (χ3n) is 4.25. The lowest BCUT2D eigenvalue weighted by Gasteiger charge is -2.20. The van der Waals surface area contributed by atoms with Gasteiger partial charge in [0.25, 0.3) is 11.4 Å². The smallest absolute Gasteiger partial charge is 0.344 e. The van der Waals surface area contributed by atoms with Gasteiger partial charge in [-0.25, -0.2) is 4.79 Å². The topological polar surface area (TPSA) is 64.4 Å². The highest BCUT2D eigenvalue weighted by molar-refractivity contribution is 7.99. The van der Waals surface area contributed by atoms with Crippen molar-refractivity contribution in [2.45, 2.75) is 24.5 Å². The van der Waals surface area contributed by atoms with Crippen molar-refractivity contribution in [1.29, 1.82) is 0 Å². The Hall–Kier alpha value is -2.28. The number of rotatable bonds is 3. The molecular formula is C17H17N3O3S. The number of nitrogens with zero attached hydrogens (tertiary/aromatic N) is 3. The second-order valence-corrected chi connectivity index (χ2v) is 6.87. The van der Waals surface area contributed by atoms with E-state index in [1.807, 2.05) is 11.0 Å². The molecule has 0 unspecified atom stereocenters. The molecule has 1 aromatic heterocycles. The lowest BCUT2D eigenvalue weighted by molar-refractivity contribution is 0.0726. The number of hydrogen-bond donors (Lipinski definition) is 0. The van der Waals surface area contributed by atoms with Crippen molar-refractivity contribution in [3.05, 3.63) is 46.2 Å². The number of esters is 1. The number of anilines is 1. The van der Waals surface area contributed by atoms with Crippen LogP contribution < -0.4 is 15.2 Å². The van der Waals surface area contributed by atoms with E-state index in [-0.39, 0.29) is 11.4 Å². The molecule has 2 aromatic rings. The molecule has 2 aliphatic heterocycles. The summed E-state index contributed by atoms with van der Waals surface area (Å²) in [5, 5.41) is 0.624. The molecule has 7 heteroatoms. The molecule has 124 valence electrons. The number of aromatic nitrogens is 2. The van der Waals surface area contributed by atoms with Gasteiger partial charge in [0, 0.05) is 25.4 Å². The Balaban J connectivity index is 1.75. The van der Waals surface area contributed by atoms with E-state index in [0.29, 0.717) is 23.0 Å². The first-order valence-electron chi connectivity index (χ1n) is 8.04. The van der Waals surface area contributed by atoms with Crippen molar-refractivity contribution in [3.63, 3.8) is 0 Å². The molecule has 0 radical (unpaired) electrons. The highest BCUT2D eigenvalue weighted by atomic mass is 32.2. The molecule has 2 aliphatic rings. The maximum atomic E-state index is 12.9. The first-order chi connectivity index (χ1) is 11.7. The summed E-state index contributed by atoms with van der Waals surface area (Å²) in [5.74, 6) is 0.463. The van der Waals surface area contributed by atoms with Crippen LogP contribution in [-0.2, 0) is 6.54 Å². The molecule has 24 heavy (non-hydrogen) atoms. The number of ether oxygens (including phenoxy) is 1. The maximum absolute atomic E-state index is 12.9. The van der Waals surface area contributed by atoms with Crippen LogP contribution in [0.3, 0.4) is 0 Å². The van der Waals surface area contributed by atoms with Gasteiger partial charge >= 0.3 is 5.97 Å². The number of thioether (sulfide) groups is 1. The van der Waals surface area contributed by atoms with E-state index in [1.165, 1.54) is 11.8 Å². The van der Waals surface area contributed by atoms with Gasteiger partial charge in [-0.15, -0.1) is 0 Å². The first kappa shape index (κ1) is 15.3. The second-order valence-electron chi connectivity index (χ2n) is 5.80. The van der Waals surface area contributed by atoms with Crippen LogP contribution in [-0.4, -0.2) is 34.4 Å². The largest absolute Gasteiger partial charge is 0.401 e. The van der Waals surface area contributed by atoms with Crippen LogP contribution in [0.1, 0.15) is 23.2 Å². The molecule has 6 nitrogen and oxygen atoms in total. The fraction of sp³-hybridized carbons (Fsp3) is 0.353. The summed E-state index contributed by atoms with van der Waals surface area (Å²) in [6, 6.07) is 8.76. The van der Waals surface area contributed by atoms with E-state index in [9.17, 15) is 9.59 Å². The summed E-state index contributed by atoms with van der Waals surface area (Å²) in [6.45, 7) is 2.23. The Morgan fingerprint density at radius 2 is 1.88 bits per heavy atom. The Bertz CT molecular complexity index is 829. The van der Waals surface area contributed by atoms with Crippen LogP contribution >= 0.6 is 11.8 Å². The fourth-order valence-corrected chi connectivity index (χ4v) is 3.98. The average Bonchev–Trinajstić information content (AvgIpc) is 3.27. The Morgan fingerprint density at radius 3 is 2.62 bits per heavy atom. The van der Waals surface area contributed by atoms with Crippen molar-refractivity contribution >= 4 is 23.4 Å². The number of fused-ring (bicyclic) bond motifs is 1. The molecule has 0 spiro atoms. The predicted octanol–water partition coefficient (Wildman–Crippen LogP) is 2.17. The zero-order valence-corrected chi connectivity index (χ0v) is 13.9. The molecule has 0 aliphatic carbocycles. The van der Waals surface area contributed by atoms with Gasteiger partial charge in [0.1, 0.15) is 0 Å². The highest BCUT2D eigenvalue weighted by Crippen LogP contribution is 2.31. The number of hydrogen-bond acceptors (Lipinski definition) is 6. The Labute approximate surface area is 143 Å². The lowest BCUT2D eigenvalue weighted by atomic mass is 10.2. The minimum Gasteiger partial charge on any atom is -0.401 e. The maximum Gasteiger partial charge on any atom is 0.344 e. The van der Waals surface area contributed by atoms with Crippen molar-refractivity contribution in [3.8, 4) is 5.88 Å². The van der Waals surface area contributed by atoms with Gasteiger partial charge in [-0.2, -0.15) is 4.98 Å². The molecular weight excluding hydrogens is 326 g/mol. The van der Waals surface area contributed by atoms with Crippen LogP contribution in [0.25, 0.3) is 0 Å². The summed E-state index contributed by atoms with van der Waals surface area (Å²) >= 11 is 1.51. The number of benzene rings is 1. The van der Waals surface area contributed by atoms with Gasteiger partial charge < -0.3 is 9.64 Å². The fourth-order valence-electron chi connectivity index (χ4n) is 3.05. The highest BCUT2D eigenvalue weighted by Gasteiger charge is 2.28. The summed E-state index contributed by atoms with van der Waals surface area (Å²) in [6.07, 6.45) is 2.06. The SMILES string of the molecule is O=C(Oc1nc2n(c(=O)c1N1CCCC1)CCS2)c1ccccc1. The standard InChI is InChI=1S/C17H17N3O3S/c21-15-13(19-8-4-5-9-19)14(18-17-20(15)10-11-24-17)23-16(22)12-6-2-1-3-7-12/h1-3,6-7H,4-5,8-11H2.